The Balaban J connectivity index is 1.54. The van der Waals surface area contributed by atoms with Gasteiger partial charge in [-0.1, -0.05) is 0 Å². The maximum Gasteiger partial charge on any atom is 0.340 e. The first kappa shape index (κ1) is 20.8. The Bertz CT molecular complexity index is 1580. The van der Waals surface area contributed by atoms with Crippen molar-refractivity contribution in [1.29, 1.82) is 0 Å². The molecule has 3 aromatic rings. The van der Waals surface area contributed by atoms with Gasteiger partial charge in [0.05, 0.1) is 35.1 Å². The number of likely N-dealkylation sites (tertiary alicyclic amines) is 1. The predicted molar refractivity (Wildman–Crippen MR) is 122 cm³/mol. The molecule has 1 saturated heterocycles. The Morgan fingerprint density at radius 2 is 1.97 bits per heavy atom. The van der Waals surface area contributed by atoms with Crippen molar-refractivity contribution < 1.29 is 23.8 Å². The van der Waals surface area contributed by atoms with Gasteiger partial charge in [-0.3, -0.25) is 9.59 Å². The fourth-order valence-corrected chi connectivity index (χ4v) is 6.39. The zero-order valence-electron chi connectivity index (χ0n) is 19.1. The molecular formula is C26H22FN3O5. The molecule has 0 spiro atoms. The summed E-state index contributed by atoms with van der Waals surface area (Å²) in [6, 6.07) is 2.89. The molecule has 9 heteroatoms. The van der Waals surface area contributed by atoms with E-state index in [2.05, 4.69) is 0 Å². The molecule has 35 heavy (non-hydrogen) atoms. The molecule has 2 aromatic heterocycles. The second-order valence-electron chi connectivity index (χ2n) is 9.82. The van der Waals surface area contributed by atoms with Gasteiger partial charge in [-0.2, -0.15) is 0 Å². The van der Waals surface area contributed by atoms with Crippen LogP contribution in [0.1, 0.15) is 64.8 Å². The lowest BCUT2D eigenvalue weighted by molar-refractivity contribution is -0.157. The molecule has 3 aliphatic heterocycles. The molecule has 1 fully saturated rings. The summed E-state index contributed by atoms with van der Waals surface area (Å²) in [5, 5.41) is 11.3. The molecule has 4 aliphatic rings. The predicted octanol–water partition coefficient (Wildman–Crippen LogP) is 2.57. The molecule has 1 N–H and O–H groups in total. The Morgan fingerprint density at radius 1 is 1.14 bits per heavy atom. The van der Waals surface area contributed by atoms with E-state index in [0.29, 0.717) is 48.3 Å². The van der Waals surface area contributed by atoms with E-state index in [1.54, 1.807) is 17.6 Å². The molecule has 1 unspecified atom stereocenters. The number of hydrogen-bond donors (Lipinski definition) is 1. The number of rotatable bonds is 1. The number of aliphatic hydroxyl groups is 1. The van der Waals surface area contributed by atoms with Gasteiger partial charge in [0.15, 0.2) is 6.10 Å². The van der Waals surface area contributed by atoms with Crippen molar-refractivity contribution >= 4 is 22.8 Å². The third-order valence-electron chi connectivity index (χ3n) is 8.10. The van der Waals surface area contributed by atoms with Crippen molar-refractivity contribution in [2.45, 2.75) is 57.9 Å². The number of halogens is 1. The molecular weight excluding hydrogens is 453 g/mol. The van der Waals surface area contributed by atoms with Crippen molar-refractivity contribution in [1.82, 2.24) is 14.5 Å². The van der Waals surface area contributed by atoms with Gasteiger partial charge in [0.2, 0.25) is 5.91 Å². The second kappa shape index (κ2) is 6.97. The molecule has 7 rings (SSSR count). The van der Waals surface area contributed by atoms with E-state index in [0.717, 1.165) is 28.5 Å². The van der Waals surface area contributed by atoms with Crippen molar-refractivity contribution in [3.05, 3.63) is 61.7 Å². The number of aromatic nitrogens is 2. The summed E-state index contributed by atoms with van der Waals surface area (Å²) >= 11 is 0. The molecule has 1 aliphatic carbocycles. The lowest BCUT2D eigenvalue weighted by atomic mass is 9.81. The number of nitrogens with zero attached hydrogens (tertiary/aromatic N) is 3. The Labute approximate surface area is 198 Å². The number of aryl methyl sites for hydroxylation is 1. The monoisotopic (exact) mass is 475 g/mol. The first-order valence-corrected chi connectivity index (χ1v) is 11.9. The van der Waals surface area contributed by atoms with E-state index in [1.165, 1.54) is 6.07 Å². The maximum atomic E-state index is 14.9. The van der Waals surface area contributed by atoms with Crippen LogP contribution < -0.4 is 5.56 Å². The highest BCUT2D eigenvalue weighted by atomic mass is 19.1. The van der Waals surface area contributed by atoms with Gasteiger partial charge in [0.25, 0.3) is 5.56 Å². The SMILES string of the molecule is Cc1c(F)cc2nc3c(c4c2c1CCC4N1CCCC1=O)Cn1c-3cc2c(c1=O)COC(=O)[C@H]2O. The van der Waals surface area contributed by atoms with E-state index in [-0.39, 0.29) is 47.6 Å². The number of carbonyl (C=O) groups excluding carboxylic acids is 2. The number of esters is 1. The van der Waals surface area contributed by atoms with Gasteiger partial charge in [0.1, 0.15) is 12.4 Å². The Hall–Kier alpha value is -3.59. The highest BCUT2D eigenvalue weighted by Crippen LogP contribution is 2.47. The van der Waals surface area contributed by atoms with Crippen LogP contribution in [0.2, 0.25) is 0 Å². The van der Waals surface area contributed by atoms with E-state index in [1.807, 2.05) is 4.90 Å². The number of aliphatic hydroxyl groups excluding tert-OH is 1. The molecule has 0 radical (unpaired) electrons. The zero-order chi connectivity index (χ0) is 24.2. The number of pyridine rings is 2. The average Bonchev–Trinajstić information content (AvgIpc) is 3.43. The van der Waals surface area contributed by atoms with Crippen LogP contribution in [0.4, 0.5) is 4.39 Å². The van der Waals surface area contributed by atoms with Crippen molar-refractivity contribution in [3.63, 3.8) is 0 Å². The Kier molecular flexibility index (Phi) is 4.14. The standard InChI is InChI=1S/C26H22FN3O5/c1-11-12-4-5-18(29-6-2-3-20(29)31)22-14-9-30-19(23(14)28-17(21(12)22)8-16(11)27)7-13-15(25(30)33)10-35-26(34)24(13)32/h7-8,18,24,32H,2-6,9-10H2,1H3/t18?,24-/m0/s1. The summed E-state index contributed by atoms with van der Waals surface area (Å²) in [6.07, 6.45) is 1.11. The number of cyclic esters (lactones) is 1. The zero-order valence-corrected chi connectivity index (χ0v) is 19.1. The van der Waals surface area contributed by atoms with Gasteiger partial charge >= 0.3 is 5.97 Å². The number of amides is 1. The van der Waals surface area contributed by atoms with Crippen molar-refractivity contribution in [3.8, 4) is 11.4 Å². The summed E-state index contributed by atoms with van der Waals surface area (Å²) in [5.41, 5.74) is 4.93. The van der Waals surface area contributed by atoms with E-state index in [4.69, 9.17) is 9.72 Å². The smallest absolute Gasteiger partial charge is 0.340 e. The fraction of sp³-hybridized carbons (Fsp3) is 0.385. The summed E-state index contributed by atoms with van der Waals surface area (Å²) in [7, 11) is 0. The molecule has 2 atom stereocenters. The normalized spacial score (nSPS) is 22.3. The van der Waals surface area contributed by atoms with Crippen LogP contribution in [0.3, 0.4) is 0 Å². The number of fused-ring (bicyclic) bond motifs is 5. The van der Waals surface area contributed by atoms with E-state index >= 15 is 0 Å². The molecule has 5 heterocycles. The van der Waals surface area contributed by atoms with Gasteiger partial charge < -0.3 is 19.3 Å². The van der Waals surface area contributed by atoms with Crippen LogP contribution >= 0.6 is 0 Å². The molecule has 8 nitrogen and oxygen atoms in total. The third-order valence-corrected chi connectivity index (χ3v) is 8.10. The minimum Gasteiger partial charge on any atom is -0.458 e. The maximum absolute atomic E-state index is 14.9. The molecule has 0 bridgehead atoms. The Morgan fingerprint density at radius 3 is 2.74 bits per heavy atom. The average molecular weight is 475 g/mol. The highest BCUT2D eigenvalue weighted by Gasteiger charge is 2.40. The summed E-state index contributed by atoms with van der Waals surface area (Å²) in [5.74, 6) is -1.02. The number of benzene rings is 1. The van der Waals surface area contributed by atoms with E-state index < -0.39 is 12.1 Å². The van der Waals surface area contributed by atoms with Crippen LogP contribution in [-0.2, 0) is 33.9 Å². The first-order valence-electron chi connectivity index (χ1n) is 11.9. The van der Waals surface area contributed by atoms with Crippen LogP contribution in [0.25, 0.3) is 22.3 Å². The third kappa shape index (κ3) is 2.64. The van der Waals surface area contributed by atoms with Crippen LogP contribution in [0, 0.1) is 12.7 Å². The van der Waals surface area contributed by atoms with Gasteiger partial charge in [-0.15, -0.1) is 0 Å². The van der Waals surface area contributed by atoms with Crippen LogP contribution in [0.15, 0.2) is 16.9 Å². The largest absolute Gasteiger partial charge is 0.458 e. The molecule has 1 aromatic carbocycles. The number of carbonyl (C=O) groups is 2. The van der Waals surface area contributed by atoms with Crippen LogP contribution in [-0.4, -0.2) is 38.0 Å². The molecule has 178 valence electrons. The first-order chi connectivity index (χ1) is 16.8. The minimum absolute atomic E-state index is 0.109. The molecule has 1 amide bonds. The van der Waals surface area contributed by atoms with E-state index in [9.17, 15) is 23.9 Å². The van der Waals surface area contributed by atoms with Crippen molar-refractivity contribution in [2.75, 3.05) is 6.54 Å². The van der Waals surface area contributed by atoms with Gasteiger partial charge in [-0.05, 0) is 48.9 Å². The second-order valence-corrected chi connectivity index (χ2v) is 9.82. The summed E-state index contributed by atoms with van der Waals surface area (Å²) < 4.78 is 21.5. The minimum atomic E-state index is -1.54. The lowest BCUT2D eigenvalue weighted by Crippen LogP contribution is -2.33. The highest BCUT2D eigenvalue weighted by molar-refractivity contribution is 5.94. The fourth-order valence-electron chi connectivity index (χ4n) is 6.39. The quantitative estimate of drug-likeness (QED) is 0.425. The topological polar surface area (TPSA) is 102 Å². The lowest BCUT2D eigenvalue weighted by Gasteiger charge is -2.35. The number of hydrogen-bond acceptors (Lipinski definition) is 6. The summed E-state index contributed by atoms with van der Waals surface area (Å²) in [4.78, 5) is 44.9. The van der Waals surface area contributed by atoms with Gasteiger partial charge in [0, 0.05) is 35.5 Å². The summed E-state index contributed by atoms with van der Waals surface area (Å²) in [6.45, 7) is 2.51. The van der Waals surface area contributed by atoms with Crippen molar-refractivity contribution in [2.24, 2.45) is 0 Å². The number of ether oxygens (including phenoxy) is 1. The molecule has 0 saturated carbocycles. The van der Waals surface area contributed by atoms with Gasteiger partial charge in [-0.25, -0.2) is 14.2 Å². The van der Waals surface area contributed by atoms with Crippen LogP contribution in [0.5, 0.6) is 0 Å².